The summed E-state index contributed by atoms with van der Waals surface area (Å²) in [6.45, 7) is 7.36. The zero-order valence-corrected chi connectivity index (χ0v) is 15.5. The Kier molecular flexibility index (Phi) is 7.95. The van der Waals surface area contributed by atoms with E-state index in [2.05, 4.69) is 48.0 Å². The lowest BCUT2D eigenvalue weighted by Gasteiger charge is -2.23. The van der Waals surface area contributed by atoms with Gasteiger partial charge in [-0.25, -0.2) is 0 Å². The third-order valence-electron chi connectivity index (χ3n) is 3.49. The number of nitrogens with zero attached hydrogens (tertiary/aromatic N) is 1. The number of hydrogen-bond donors (Lipinski definition) is 3. The highest BCUT2D eigenvalue weighted by atomic mass is 32.2. The molecule has 23 heavy (non-hydrogen) atoms. The molecule has 1 rings (SSSR count). The number of aliphatic imine (C=N–C) groups is 1. The summed E-state index contributed by atoms with van der Waals surface area (Å²) in [4.78, 5) is 16.2. The predicted molar refractivity (Wildman–Crippen MR) is 101 cm³/mol. The molecule has 0 saturated heterocycles. The number of rotatable bonds is 7. The van der Waals surface area contributed by atoms with Gasteiger partial charge in [-0.2, -0.15) is 11.8 Å². The summed E-state index contributed by atoms with van der Waals surface area (Å²) in [5.74, 6) is 0.537. The van der Waals surface area contributed by atoms with Crippen LogP contribution in [0.15, 0.2) is 29.3 Å². The third kappa shape index (κ3) is 7.41. The SMILES string of the molecule is CCc1cccc(NC(=O)CNC(=NC)NCC(C)(C)SC)c1. The molecule has 0 aliphatic carbocycles. The number of benzene rings is 1. The molecule has 0 atom stereocenters. The Labute approximate surface area is 143 Å². The topological polar surface area (TPSA) is 65.5 Å². The second-order valence-corrected chi connectivity index (χ2v) is 7.36. The Hall–Kier alpha value is -1.69. The summed E-state index contributed by atoms with van der Waals surface area (Å²) in [7, 11) is 1.70. The molecule has 0 unspecified atom stereocenters. The van der Waals surface area contributed by atoms with Crippen molar-refractivity contribution in [2.24, 2.45) is 4.99 Å². The molecule has 0 aliphatic rings. The van der Waals surface area contributed by atoms with E-state index in [0.29, 0.717) is 5.96 Å². The average Bonchev–Trinajstić information content (AvgIpc) is 2.55. The van der Waals surface area contributed by atoms with Gasteiger partial charge in [0.25, 0.3) is 0 Å². The predicted octanol–water partition coefficient (Wildman–Crippen LogP) is 2.49. The average molecular weight is 337 g/mol. The first-order valence-corrected chi connectivity index (χ1v) is 9.01. The zero-order chi connectivity index (χ0) is 17.3. The molecule has 1 aromatic rings. The minimum absolute atomic E-state index is 0.0923. The first-order valence-electron chi connectivity index (χ1n) is 7.78. The second kappa shape index (κ2) is 9.45. The van der Waals surface area contributed by atoms with Crippen molar-refractivity contribution in [3.8, 4) is 0 Å². The standard InChI is InChI=1S/C17H28N4OS/c1-6-13-8-7-9-14(10-13)21-15(22)11-19-16(18-4)20-12-17(2,3)23-5/h7-10H,6,11-12H2,1-5H3,(H,21,22)(H2,18,19,20). The van der Waals surface area contributed by atoms with E-state index in [9.17, 15) is 4.79 Å². The van der Waals surface area contributed by atoms with Crippen molar-refractivity contribution < 1.29 is 4.79 Å². The molecular weight excluding hydrogens is 308 g/mol. The largest absolute Gasteiger partial charge is 0.355 e. The van der Waals surface area contributed by atoms with Crippen molar-refractivity contribution >= 4 is 29.3 Å². The van der Waals surface area contributed by atoms with Gasteiger partial charge >= 0.3 is 0 Å². The van der Waals surface area contributed by atoms with Gasteiger partial charge in [-0.1, -0.05) is 19.1 Å². The monoisotopic (exact) mass is 336 g/mol. The molecule has 0 radical (unpaired) electrons. The van der Waals surface area contributed by atoms with E-state index in [1.165, 1.54) is 5.56 Å². The number of hydrogen-bond acceptors (Lipinski definition) is 3. The van der Waals surface area contributed by atoms with Gasteiger partial charge in [0, 0.05) is 24.0 Å². The Morgan fingerprint density at radius 1 is 1.30 bits per heavy atom. The summed E-state index contributed by atoms with van der Waals surface area (Å²) in [5.41, 5.74) is 2.02. The van der Waals surface area contributed by atoms with Crippen LogP contribution < -0.4 is 16.0 Å². The summed E-state index contributed by atoms with van der Waals surface area (Å²) >= 11 is 1.78. The molecule has 0 fully saturated rings. The van der Waals surface area contributed by atoms with Crippen molar-refractivity contribution in [1.82, 2.24) is 10.6 Å². The number of aryl methyl sites for hydroxylation is 1. The quantitative estimate of drug-likeness (QED) is 0.529. The molecule has 0 aliphatic heterocycles. The summed E-state index contributed by atoms with van der Waals surface area (Å²) in [6.07, 6.45) is 3.03. The van der Waals surface area contributed by atoms with Crippen LogP contribution >= 0.6 is 11.8 Å². The van der Waals surface area contributed by atoms with Gasteiger partial charge in [0.05, 0.1) is 6.54 Å². The Balaban J connectivity index is 2.44. The maximum Gasteiger partial charge on any atom is 0.243 e. The van der Waals surface area contributed by atoms with Crippen LogP contribution in [0.2, 0.25) is 0 Å². The smallest absolute Gasteiger partial charge is 0.243 e. The van der Waals surface area contributed by atoms with E-state index < -0.39 is 0 Å². The second-order valence-electron chi connectivity index (χ2n) is 5.85. The molecule has 0 bridgehead atoms. The number of thioether (sulfide) groups is 1. The van der Waals surface area contributed by atoms with Crippen LogP contribution in [0, 0.1) is 0 Å². The van der Waals surface area contributed by atoms with Gasteiger partial charge in [0.1, 0.15) is 0 Å². The molecule has 1 amide bonds. The molecule has 3 N–H and O–H groups in total. The Bertz CT molecular complexity index is 543. The minimum atomic E-state index is -0.0923. The molecular formula is C17H28N4OS. The summed E-state index contributed by atoms with van der Waals surface area (Å²) in [6, 6.07) is 7.89. The molecule has 0 spiro atoms. The van der Waals surface area contributed by atoms with Crippen LogP contribution in [0.4, 0.5) is 5.69 Å². The number of amides is 1. The first-order chi connectivity index (χ1) is 10.9. The van der Waals surface area contributed by atoms with Gasteiger partial charge in [-0.05, 0) is 44.2 Å². The van der Waals surface area contributed by atoms with E-state index >= 15 is 0 Å². The Morgan fingerprint density at radius 2 is 2.04 bits per heavy atom. The van der Waals surface area contributed by atoms with Crippen LogP contribution in [0.25, 0.3) is 0 Å². The molecule has 0 saturated carbocycles. The van der Waals surface area contributed by atoms with Crippen molar-refractivity contribution in [3.63, 3.8) is 0 Å². The van der Waals surface area contributed by atoms with E-state index in [-0.39, 0.29) is 17.2 Å². The van der Waals surface area contributed by atoms with Crippen LogP contribution in [-0.4, -0.2) is 43.0 Å². The summed E-state index contributed by atoms with van der Waals surface area (Å²) in [5, 5.41) is 9.16. The minimum Gasteiger partial charge on any atom is -0.355 e. The van der Waals surface area contributed by atoms with E-state index in [4.69, 9.17) is 0 Å². The number of nitrogens with one attached hydrogen (secondary N) is 3. The van der Waals surface area contributed by atoms with E-state index in [1.54, 1.807) is 18.8 Å². The van der Waals surface area contributed by atoms with Gasteiger partial charge in [-0.3, -0.25) is 9.79 Å². The van der Waals surface area contributed by atoms with Gasteiger partial charge in [-0.15, -0.1) is 0 Å². The number of carbonyl (C=O) groups is 1. The van der Waals surface area contributed by atoms with E-state index in [0.717, 1.165) is 18.7 Å². The lowest BCUT2D eigenvalue weighted by molar-refractivity contribution is -0.115. The van der Waals surface area contributed by atoms with Crippen LogP contribution in [0.1, 0.15) is 26.3 Å². The molecule has 0 heterocycles. The van der Waals surface area contributed by atoms with Crippen LogP contribution in [0.5, 0.6) is 0 Å². The summed E-state index contributed by atoms with van der Waals surface area (Å²) < 4.78 is 0.112. The molecule has 128 valence electrons. The normalized spacial score (nSPS) is 12.0. The molecule has 1 aromatic carbocycles. The van der Waals surface area contributed by atoms with Crippen LogP contribution in [-0.2, 0) is 11.2 Å². The number of carbonyl (C=O) groups excluding carboxylic acids is 1. The zero-order valence-electron chi connectivity index (χ0n) is 14.7. The van der Waals surface area contributed by atoms with Crippen molar-refractivity contribution in [1.29, 1.82) is 0 Å². The van der Waals surface area contributed by atoms with Crippen molar-refractivity contribution in [3.05, 3.63) is 29.8 Å². The third-order valence-corrected chi connectivity index (χ3v) is 4.74. The maximum atomic E-state index is 12.0. The number of anilines is 1. The maximum absolute atomic E-state index is 12.0. The fraction of sp³-hybridized carbons (Fsp3) is 0.529. The van der Waals surface area contributed by atoms with Crippen LogP contribution in [0.3, 0.4) is 0 Å². The lowest BCUT2D eigenvalue weighted by atomic mass is 10.1. The Morgan fingerprint density at radius 3 is 2.65 bits per heavy atom. The van der Waals surface area contributed by atoms with Gasteiger partial charge in [0.2, 0.25) is 5.91 Å². The molecule has 0 aromatic heterocycles. The highest BCUT2D eigenvalue weighted by Gasteiger charge is 2.16. The first kappa shape index (κ1) is 19.4. The highest BCUT2D eigenvalue weighted by Crippen LogP contribution is 2.19. The lowest BCUT2D eigenvalue weighted by Crippen LogP contribution is -2.45. The molecule has 5 nitrogen and oxygen atoms in total. The number of guanidine groups is 1. The highest BCUT2D eigenvalue weighted by molar-refractivity contribution is 7.99. The molecule has 6 heteroatoms. The fourth-order valence-corrected chi connectivity index (χ4v) is 2.04. The van der Waals surface area contributed by atoms with E-state index in [1.807, 2.05) is 24.3 Å². The van der Waals surface area contributed by atoms with Gasteiger partial charge in [0.15, 0.2) is 5.96 Å². The van der Waals surface area contributed by atoms with Crippen molar-refractivity contribution in [2.45, 2.75) is 31.9 Å². The van der Waals surface area contributed by atoms with Crippen molar-refractivity contribution in [2.75, 3.05) is 31.7 Å². The fourth-order valence-electron chi connectivity index (χ4n) is 1.83. The van der Waals surface area contributed by atoms with Gasteiger partial charge < -0.3 is 16.0 Å².